The van der Waals surface area contributed by atoms with Crippen molar-refractivity contribution in [2.24, 2.45) is 5.92 Å². The van der Waals surface area contributed by atoms with Crippen molar-refractivity contribution in [3.8, 4) is 0 Å². The van der Waals surface area contributed by atoms with Gasteiger partial charge in [-0.2, -0.15) is 0 Å². The molecule has 2 aliphatic rings. The van der Waals surface area contributed by atoms with Crippen molar-refractivity contribution >= 4 is 0 Å². The van der Waals surface area contributed by atoms with Gasteiger partial charge in [-0.1, -0.05) is 20.3 Å². The Hall–Kier alpha value is -0.0800. The monoisotopic (exact) mass is 238 g/mol. The predicted molar refractivity (Wildman–Crippen MR) is 74.3 cm³/mol. The van der Waals surface area contributed by atoms with Crippen LogP contribution in [0.4, 0.5) is 0 Å². The zero-order chi connectivity index (χ0) is 12.3. The van der Waals surface area contributed by atoms with Crippen LogP contribution >= 0.6 is 0 Å². The predicted octanol–water partition coefficient (Wildman–Crippen LogP) is 3.03. The van der Waals surface area contributed by atoms with Crippen molar-refractivity contribution < 1.29 is 0 Å². The standard InChI is InChI=1S/C15H30N2/c1-4-13-6-8-15(9-7-13)17-11-12(3)16-10-14(17)5-2/h12-16H,4-11H2,1-3H3. The molecule has 1 saturated heterocycles. The van der Waals surface area contributed by atoms with Gasteiger partial charge in [0.1, 0.15) is 0 Å². The van der Waals surface area contributed by atoms with Crippen LogP contribution in [-0.2, 0) is 0 Å². The molecule has 2 rings (SSSR count). The minimum Gasteiger partial charge on any atom is -0.311 e. The van der Waals surface area contributed by atoms with Gasteiger partial charge >= 0.3 is 0 Å². The summed E-state index contributed by atoms with van der Waals surface area (Å²) in [5, 5.41) is 3.63. The Labute approximate surface area is 107 Å². The normalized spacial score (nSPS) is 40.4. The van der Waals surface area contributed by atoms with E-state index in [9.17, 15) is 0 Å². The van der Waals surface area contributed by atoms with Crippen molar-refractivity contribution in [2.45, 2.75) is 77.4 Å². The van der Waals surface area contributed by atoms with Gasteiger partial charge < -0.3 is 5.32 Å². The maximum atomic E-state index is 3.63. The van der Waals surface area contributed by atoms with Crippen LogP contribution in [-0.4, -0.2) is 36.1 Å². The number of piperazine rings is 1. The quantitative estimate of drug-likeness (QED) is 0.813. The van der Waals surface area contributed by atoms with Gasteiger partial charge in [-0.15, -0.1) is 0 Å². The van der Waals surface area contributed by atoms with E-state index in [1.165, 1.54) is 51.6 Å². The maximum absolute atomic E-state index is 3.63. The molecule has 1 saturated carbocycles. The fraction of sp³-hybridized carbons (Fsp3) is 1.00. The first kappa shape index (κ1) is 13.4. The Kier molecular flexibility index (Phi) is 4.87. The number of hydrogen-bond acceptors (Lipinski definition) is 2. The Morgan fingerprint density at radius 1 is 1.06 bits per heavy atom. The van der Waals surface area contributed by atoms with E-state index in [4.69, 9.17) is 0 Å². The van der Waals surface area contributed by atoms with Gasteiger partial charge in [0, 0.05) is 31.2 Å². The van der Waals surface area contributed by atoms with Gasteiger partial charge in [0.25, 0.3) is 0 Å². The Morgan fingerprint density at radius 3 is 2.35 bits per heavy atom. The second-order valence-electron chi connectivity index (χ2n) is 6.15. The first-order chi connectivity index (χ1) is 8.24. The third kappa shape index (κ3) is 3.23. The van der Waals surface area contributed by atoms with Crippen LogP contribution < -0.4 is 5.32 Å². The van der Waals surface area contributed by atoms with Gasteiger partial charge in [-0.3, -0.25) is 4.90 Å². The molecule has 0 bridgehead atoms. The highest BCUT2D eigenvalue weighted by molar-refractivity contribution is 4.89. The van der Waals surface area contributed by atoms with E-state index >= 15 is 0 Å². The molecule has 100 valence electrons. The van der Waals surface area contributed by atoms with Crippen LogP contribution in [0.5, 0.6) is 0 Å². The summed E-state index contributed by atoms with van der Waals surface area (Å²) in [6.07, 6.45) is 8.52. The second kappa shape index (κ2) is 6.19. The summed E-state index contributed by atoms with van der Waals surface area (Å²) in [6, 6.07) is 2.35. The average Bonchev–Trinajstić information content (AvgIpc) is 2.39. The Morgan fingerprint density at radius 2 is 1.76 bits per heavy atom. The zero-order valence-electron chi connectivity index (χ0n) is 11.9. The van der Waals surface area contributed by atoms with Gasteiger partial charge in [-0.25, -0.2) is 0 Å². The van der Waals surface area contributed by atoms with E-state index in [-0.39, 0.29) is 0 Å². The lowest BCUT2D eigenvalue weighted by Gasteiger charge is -2.46. The lowest BCUT2D eigenvalue weighted by molar-refractivity contribution is 0.0538. The molecular weight excluding hydrogens is 208 g/mol. The topological polar surface area (TPSA) is 15.3 Å². The van der Waals surface area contributed by atoms with Gasteiger partial charge in [0.05, 0.1) is 0 Å². The van der Waals surface area contributed by atoms with E-state index in [0.717, 1.165) is 18.0 Å². The molecule has 2 fully saturated rings. The lowest BCUT2D eigenvalue weighted by atomic mass is 9.83. The Balaban J connectivity index is 1.90. The van der Waals surface area contributed by atoms with Crippen molar-refractivity contribution in [1.29, 1.82) is 0 Å². The molecule has 1 aliphatic heterocycles. The third-order valence-electron chi connectivity index (χ3n) is 4.99. The lowest BCUT2D eigenvalue weighted by Crippen LogP contribution is -2.58. The van der Waals surface area contributed by atoms with Gasteiger partial charge in [0.2, 0.25) is 0 Å². The molecule has 2 nitrogen and oxygen atoms in total. The molecule has 0 spiro atoms. The van der Waals surface area contributed by atoms with Gasteiger partial charge in [0.15, 0.2) is 0 Å². The summed E-state index contributed by atoms with van der Waals surface area (Å²) in [5.41, 5.74) is 0. The number of nitrogens with zero attached hydrogens (tertiary/aromatic N) is 1. The van der Waals surface area contributed by atoms with Crippen LogP contribution in [0, 0.1) is 5.92 Å². The second-order valence-corrected chi connectivity index (χ2v) is 6.15. The van der Waals surface area contributed by atoms with E-state index in [1.807, 2.05) is 0 Å². The fourth-order valence-electron chi connectivity index (χ4n) is 3.70. The molecule has 2 atom stereocenters. The summed E-state index contributed by atoms with van der Waals surface area (Å²) in [7, 11) is 0. The third-order valence-corrected chi connectivity index (χ3v) is 4.99. The highest BCUT2D eigenvalue weighted by Gasteiger charge is 2.32. The van der Waals surface area contributed by atoms with Crippen LogP contribution in [0.1, 0.15) is 59.3 Å². The number of hydrogen-bond donors (Lipinski definition) is 1. The van der Waals surface area contributed by atoms with Crippen LogP contribution in [0.2, 0.25) is 0 Å². The van der Waals surface area contributed by atoms with Crippen LogP contribution in [0.3, 0.4) is 0 Å². The van der Waals surface area contributed by atoms with Crippen LogP contribution in [0.15, 0.2) is 0 Å². The highest BCUT2D eigenvalue weighted by atomic mass is 15.3. The molecule has 0 radical (unpaired) electrons. The Bertz CT molecular complexity index is 221. The molecule has 1 N–H and O–H groups in total. The molecule has 0 amide bonds. The van der Waals surface area contributed by atoms with Crippen molar-refractivity contribution in [2.75, 3.05) is 13.1 Å². The molecule has 17 heavy (non-hydrogen) atoms. The molecular formula is C15H30N2. The summed E-state index contributed by atoms with van der Waals surface area (Å²) >= 11 is 0. The smallest absolute Gasteiger partial charge is 0.0221 e. The summed E-state index contributed by atoms with van der Waals surface area (Å²) in [4.78, 5) is 2.83. The fourth-order valence-corrected chi connectivity index (χ4v) is 3.70. The molecule has 0 aromatic carbocycles. The summed E-state index contributed by atoms with van der Waals surface area (Å²) < 4.78 is 0. The molecule has 0 aromatic heterocycles. The van der Waals surface area contributed by atoms with Crippen molar-refractivity contribution in [3.63, 3.8) is 0 Å². The maximum Gasteiger partial charge on any atom is 0.0221 e. The zero-order valence-corrected chi connectivity index (χ0v) is 11.9. The molecule has 1 heterocycles. The number of nitrogens with one attached hydrogen (secondary N) is 1. The van der Waals surface area contributed by atoms with Crippen molar-refractivity contribution in [3.05, 3.63) is 0 Å². The first-order valence-electron chi connectivity index (χ1n) is 7.73. The van der Waals surface area contributed by atoms with E-state index in [0.29, 0.717) is 6.04 Å². The largest absolute Gasteiger partial charge is 0.311 e. The molecule has 0 aromatic rings. The number of rotatable bonds is 3. The molecule has 2 heteroatoms. The van der Waals surface area contributed by atoms with Gasteiger partial charge in [-0.05, 0) is 44.9 Å². The summed E-state index contributed by atoms with van der Waals surface area (Å²) in [5.74, 6) is 1.02. The van der Waals surface area contributed by atoms with Crippen molar-refractivity contribution in [1.82, 2.24) is 10.2 Å². The highest BCUT2D eigenvalue weighted by Crippen LogP contribution is 2.31. The van der Waals surface area contributed by atoms with E-state index in [2.05, 4.69) is 31.0 Å². The van der Waals surface area contributed by atoms with E-state index < -0.39 is 0 Å². The SMILES string of the molecule is CCC1CCC(N2CC(C)NCC2CC)CC1. The first-order valence-corrected chi connectivity index (χ1v) is 7.73. The minimum atomic E-state index is 0.682. The molecule has 1 aliphatic carbocycles. The average molecular weight is 238 g/mol. The van der Waals surface area contributed by atoms with Crippen LogP contribution in [0.25, 0.3) is 0 Å². The molecule has 2 unspecified atom stereocenters. The summed E-state index contributed by atoms with van der Waals surface area (Å²) in [6.45, 7) is 9.49. The minimum absolute atomic E-state index is 0.682. The van der Waals surface area contributed by atoms with E-state index in [1.54, 1.807) is 0 Å².